The molecule has 27 heavy (non-hydrogen) atoms. The molecule has 1 aromatic carbocycles. The van der Waals surface area contributed by atoms with Crippen LogP contribution in [0.4, 0.5) is 10.1 Å². The lowest BCUT2D eigenvalue weighted by molar-refractivity contribution is -0.115. The maximum Gasteiger partial charge on any atom is 0.225 e. The molecule has 6 heteroatoms. The van der Waals surface area contributed by atoms with Gasteiger partial charge in [-0.3, -0.25) is 4.79 Å². The van der Waals surface area contributed by atoms with Crippen molar-refractivity contribution in [3.05, 3.63) is 53.0 Å². The van der Waals surface area contributed by atoms with E-state index < -0.39 is 0 Å². The van der Waals surface area contributed by atoms with Crippen LogP contribution in [-0.2, 0) is 4.79 Å². The molecule has 0 radical (unpaired) electrons. The summed E-state index contributed by atoms with van der Waals surface area (Å²) in [7, 11) is 0. The van der Waals surface area contributed by atoms with Crippen molar-refractivity contribution in [1.82, 2.24) is 4.98 Å². The zero-order valence-corrected chi connectivity index (χ0v) is 15.7. The average Bonchev–Trinajstić information content (AvgIpc) is 3.56. The van der Waals surface area contributed by atoms with Crippen molar-refractivity contribution in [2.75, 3.05) is 11.1 Å². The van der Waals surface area contributed by atoms with Gasteiger partial charge < -0.3 is 5.32 Å². The number of hydrogen-bond donors (Lipinski definition) is 1. The summed E-state index contributed by atoms with van der Waals surface area (Å²) in [5, 5.41) is 13.2. The van der Waals surface area contributed by atoms with Crippen molar-refractivity contribution in [1.29, 1.82) is 5.26 Å². The van der Waals surface area contributed by atoms with Gasteiger partial charge in [0.1, 0.15) is 16.9 Å². The SMILES string of the molecule is N#Cc1c(C2CC2)cc(C2CC2)nc1SCCC(=O)Nc1ccc(F)cc1. The molecule has 0 aliphatic heterocycles. The number of thioether (sulfide) groups is 1. The lowest BCUT2D eigenvalue weighted by Gasteiger charge is -2.11. The van der Waals surface area contributed by atoms with Crippen LogP contribution < -0.4 is 5.32 Å². The third-order valence-corrected chi connectivity index (χ3v) is 5.83. The number of aromatic nitrogens is 1. The lowest BCUT2D eigenvalue weighted by atomic mass is 10.0. The number of nitriles is 1. The van der Waals surface area contributed by atoms with Gasteiger partial charge in [-0.25, -0.2) is 9.37 Å². The first-order valence-electron chi connectivity index (χ1n) is 9.27. The molecule has 0 saturated heterocycles. The van der Waals surface area contributed by atoms with E-state index >= 15 is 0 Å². The summed E-state index contributed by atoms with van der Waals surface area (Å²) in [4.78, 5) is 16.8. The minimum Gasteiger partial charge on any atom is -0.326 e. The van der Waals surface area contributed by atoms with Crippen molar-refractivity contribution < 1.29 is 9.18 Å². The Morgan fingerprint density at radius 3 is 2.56 bits per heavy atom. The second kappa shape index (κ2) is 7.69. The summed E-state index contributed by atoms with van der Waals surface area (Å²) in [6, 6.07) is 10.2. The highest BCUT2D eigenvalue weighted by molar-refractivity contribution is 7.99. The quantitative estimate of drug-likeness (QED) is 0.688. The fourth-order valence-electron chi connectivity index (χ4n) is 3.08. The van der Waals surface area contributed by atoms with E-state index in [0.29, 0.717) is 35.3 Å². The van der Waals surface area contributed by atoms with Crippen molar-refractivity contribution in [2.45, 2.75) is 49.0 Å². The minimum atomic E-state index is -0.333. The van der Waals surface area contributed by atoms with Gasteiger partial charge in [0.05, 0.1) is 5.56 Å². The fourth-order valence-corrected chi connectivity index (χ4v) is 4.04. The molecule has 138 valence electrons. The highest BCUT2D eigenvalue weighted by Crippen LogP contribution is 2.46. The first kappa shape index (κ1) is 18.0. The minimum absolute atomic E-state index is 0.131. The molecule has 2 fully saturated rings. The van der Waals surface area contributed by atoms with Gasteiger partial charge in [-0.15, -0.1) is 11.8 Å². The molecule has 0 spiro atoms. The van der Waals surface area contributed by atoms with E-state index in [9.17, 15) is 14.4 Å². The van der Waals surface area contributed by atoms with Crippen molar-refractivity contribution in [3.63, 3.8) is 0 Å². The van der Waals surface area contributed by atoms with Gasteiger partial charge >= 0.3 is 0 Å². The van der Waals surface area contributed by atoms with Gasteiger partial charge in [0, 0.05) is 29.5 Å². The van der Waals surface area contributed by atoms with Crippen LogP contribution in [0.15, 0.2) is 35.4 Å². The van der Waals surface area contributed by atoms with Crippen LogP contribution in [-0.4, -0.2) is 16.6 Å². The van der Waals surface area contributed by atoms with Gasteiger partial charge in [0.2, 0.25) is 5.91 Å². The Bertz CT molecular complexity index is 899. The highest BCUT2D eigenvalue weighted by Gasteiger charge is 2.32. The number of carbonyl (C=O) groups excluding carboxylic acids is 1. The summed E-state index contributed by atoms with van der Waals surface area (Å²) in [6.45, 7) is 0. The molecule has 1 aromatic heterocycles. The molecule has 1 heterocycles. The van der Waals surface area contributed by atoms with Gasteiger partial charge in [0.25, 0.3) is 0 Å². The highest BCUT2D eigenvalue weighted by atomic mass is 32.2. The lowest BCUT2D eigenvalue weighted by Crippen LogP contribution is -2.12. The molecule has 4 rings (SSSR count). The Labute approximate surface area is 162 Å². The number of anilines is 1. The zero-order chi connectivity index (χ0) is 18.8. The molecule has 1 amide bonds. The molecule has 4 nitrogen and oxygen atoms in total. The first-order valence-corrected chi connectivity index (χ1v) is 10.3. The normalized spacial score (nSPS) is 16.0. The number of halogens is 1. The number of rotatable bonds is 7. The van der Waals surface area contributed by atoms with Crippen molar-refractivity contribution in [2.24, 2.45) is 0 Å². The predicted molar refractivity (Wildman–Crippen MR) is 103 cm³/mol. The third-order valence-electron chi connectivity index (χ3n) is 4.86. The second-order valence-corrected chi connectivity index (χ2v) is 8.21. The number of nitrogens with zero attached hydrogens (tertiary/aromatic N) is 2. The summed E-state index contributed by atoms with van der Waals surface area (Å²) < 4.78 is 12.9. The van der Waals surface area contributed by atoms with Gasteiger partial charge in [-0.05, 0) is 67.5 Å². The maximum atomic E-state index is 12.9. The summed E-state index contributed by atoms with van der Waals surface area (Å²) in [5.74, 6) is 1.12. The zero-order valence-electron chi connectivity index (χ0n) is 14.9. The van der Waals surface area contributed by atoms with Crippen LogP contribution >= 0.6 is 11.8 Å². The second-order valence-electron chi connectivity index (χ2n) is 7.13. The third kappa shape index (κ3) is 4.48. The number of benzene rings is 1. The number of carbonyl (C=O) groups is 1. The van der Waals surface area contributed by atoms with E-state index in [0.717, 1.165) is 29.1 Å². The monoisotopic (exact) mass is 381 g/mol. The summed E-state index contributed by atoms with van der Waals surface area (Å²) >= 11 is 1.48. The Morgan fingerprint density at radius 2 is 1.93 bits per heavy atom. The van der Waals surface area contributed by atoms with E-state index in [2.05, 4.69) is 17.5 Å². The van der Waals surface area contributed by atoms with Gasteiger partial charge in [0.15, 0.2) is 0 Å². The molecule has 2 aromatic rings. The van der Waals surface area contributed by atoms with E-state index in [1.807, 2.05) is 0 Å². The molecule has 1 N–H and O–H groups in total. The molecule has 0 atom stereocenters. The van der Waals surface area contributed by atoms with Crippen LogP contribution in [0, 0.1) is 17.1 Å². The standard InChI is InChI=1S/C21H20FN3OS/c22-15-5-7-16(8-6-15)24-20(26)9-10-27-21-18(12-23)17(13-1-2-13)11-19(25-21)14-3-4-14/h5-8,11,13-14H,1-4,9-10H2,(H,24,26). The Morgan fingerprint density at radius 1 is 1.22 bits per heavy atom. The van der Waals surface area contributed by atoms with Gasteiger partial charge in [-0.2, -0.15) is 5.26 Å². The maximum absolute atomic E-state index is 12.9. The first-order chi connectivity index (χ1) is 13.1. The van der Waals surface area contributed by atoms with E-state index in [-0.39, 0.29) is 11.7 Å². The van der Waals surface area contributed by atoms with E-state index in [1.165, 1.54) is 48.9 Å². The summed E-state index contributed by atoms with van der Waals surface area (Å²) in [6.07, 6.45) is 4.95. The molecule has 2 saturated carbocycles. The van der Waals surface area contributed by atoms with Crippen LogP contribution in [0.3, 0.4) is 0 Å². The molecule has 2 aliphatic rings. The van der Waals surface area contributed by atoms with Crippen LogP contribution in [0.2, 0.25) is 0 Å². The van der Waals surface area contributed by atoms with E-state index in [4.69, 9.17) is 4.98 Å². The number of nitrogens with one attached hydrogen (secondary N) is 1. The Kier molecular flexibility index (Phi) is 5.13. The van der Waals surface area contributed by atoms with Crippen LogP contribution in [0.25, 0.3) is 0 Å². The van der Waals surface area contributed by atoms with Gasteiger partial charge in [-0.1, -0.05) is 0 Å². The number of hydrogen-bond acceptors (Lipinski definition) is 4. The van der Waals surface area contributed by atoms with E-state index in [1.54, 1.807) is 0 Å². The summed E-state index contributed by atoms with van der Waals surface area (Å²) in [5.41, 5.74) is 3.52. The van der Waals surface area contributed by atoms with Crippen molar-refractivity contribution >= 4 is 23.4 Å². The molecule has 0 bridgehead atoms. The number of amides is 1. The van der Waals surface area contributed by atoms with Crippen molar-refractivity contribution in [3.8, 4) is 6.07 Å². The fraction of sp³-hybridized carbons (Fsp3) is 0.381. The molecule has 2 aliphatic carbocycles. The average molecular weight is 381 g/mol. The van der Waals surface area contributed by atoms with Crippen LogP contribution in [0.5, 0.6) is 0 Å². The van der Waals surface area contributed by atoms with Crippen LogP contribution in [0.1, 0.15) is 60.8 Å². The smallest absolute Gasteiger partial charge is 0.225 e. The number of pyridine rings is 1. The predicted octanol–water partition coefficient (Wildman–Crippen LogP) is 4.97. The molecule has 0 unspecified atom stereocenters. The molecular formula is C21H20FN3OS. The largest absolute Gasteiger partial charge is 0.326 e. The Balaban J connectivity index is 1.40. The topological polar surface area (TPSA) is 65.8 Å². The molecular weight excluding hydrogens is 361 g/mol. The Hall–Kier alpha value is -2.39.